The second-order valence-electron chi connectivity index (χ2n) is 7.68. The normalized spacial score (nSPS) is 10.7. The first-order valence-electron chi connectivity index (χ1n) is 11.6. The van der Waals surface area contributed by atoms with E-state index in [1.165, 1.54) is 6.21 Å². The molecular weight excluding hydrogens is 517 g/mol. The van der Waals surface area contributed by atoms with Gasteiger partial charge in [-0.1, -0.05) is 30.1 Å². The van der Waals surface area contributed by atoms with Crippen LogP contribution in [-0.2, 0) is 4.79 Å². The van der Waals surface area contributed by atoms with Gasteiger partial charge in [0.05, 0.1) is 24.5 Å². The molecule has 0 spiro atoms. The number of carbonyl (C=O) groups is 2. The summed E-state index contributed by atoms with van der Waals surface area (Å²) in [5, 5.41) is 7.56. The van der Waals surface area contributed by atoms with E-state index in [1.807, 2.05) is 13.8 Å². The van der Waals surface area contributed by atoms with E-state index in [4.69, 9.17) is 37.4 Å². The van der Waals surface area contributed by atoms with Crippen molar-refractivity contribution >= 4 is 46.9 Å². The summed E-state index contributed by atoms with van der Waals surface area (Å²) in [4.78, 5) is 24.6. The number of nitrogens with one attached hydrogen (secondary N) is 2. The number of rotatable bonds is 12. The molecule has 0 aliphatic rings. The molecular formula is C27H27Cl2N3O5. The van der Waals surface area contributed by atoms with E-state index in [-0.39, 0.29) is 12.5 Å². The number of hydrazone groups is 1. The average molecular weight is 544 g/mol. The van der Waals surface area contributed by atoms with E-state index in [2.05, 4.69) is 15.8 Å². The Labute approximate surface area is 225 Å². The SMILES string of the molecule is CCCOc1ccc(C(=O)N/N=C/c2ccc(OCC(=O)Nc3ccc(Cl)cc3)c(Cl)c2)cc1OCC. The van der Waals surface area contributed by atoms with Gasteiger partial charge in [0, 0.05) is 16.3 Å². The van der Waals surface area contributed by atoms with E-state index in [9.17, 15) is 9.59 Å². The van der Waals surface area contributed by atoms with Crippen molar-refractivity contribution in [2.45, 2.75) is 20.3 Å². The van der Waals surface area contributed by atoms with Crippen LogP contribution in [0.3, 0.4) is 0 Å². The summed E-state index contributed by atoms with van der Waals surface area (Å²) in [6.07, 6.45) is 2.31. The molecule has 37 heavy (non-hydrogen) atoms. The van der Waals surface area contributed by atoms with Gasteiger partial charge in [-0.15, -0.1) is 0 Å². The van der Waals surface area contributed by atoms with Gasteiger partial charge in [-0.25, -0.2) is 5.43 Å². The predicted molar refractivity (Wildman–Crippen MR) is 145 cm³/mol. The highest BCUT2D eigenvalue weighted by Gasteiger charge is 2.12. The molecule has 0 aliphatic heterocycles. The van der Waals surface area contributed by atoms with Crippen LogP contribution in [0.1, 0.15) is 36.2 Å². The van der Waals surface area contributed by atoms with Gasteiger partial charge in [-0.2, -0.15) is 5.10 Å². The third-order valence-corrected chi connectivity index (χ3v) is 5.34. The monoisotopic (exact) mass is 543 g/mol. The summed E-state index contributed by atoms with van der Waals surface area (Å²) in [7, 11) is 0. The highest BCUT2D eigenvalue weighted by atomic mass is 35.5. The maximum absolute atomic E-state index is 12.5. The molecule has 3 aromatic carbocycles. The first-order valence-corrected chi connectivity index (χ1v) is 12.4. The Kier molecular flexibility index (Phi) is 10.6. The van der Waals surface area contributed by atoms with Crippen LogP contribution in [0.2, 0.25) is 10.0 Å². The number of hydrogen-bond donors (Lipinski definition) is 2. The Morgan fingerprint density at radius 3 is 2.35 bits per heavy atom. The van der Waals surface area contributed by atoms with Crippen LogP contribution in [0, 0.1) is 0 Å². The summed E-state index contributed by atoms with van der Waals surface area (Å²) in [5.74, 6) is 0.670. The Hall–Kier alpha value is -3.75. The van der Waals surface area contributed by atoms with E-state index in [0.29, 0.717) is 57.3 Å². The van der Waals surface area contributed by atoms with E-state index < -0.39 is 5.91 Å². The Morgan fingerprint density at radius 1 is 0.892 bits per heavy atom. The predicted octanol–water partition coefficient (Wildman–Crippen LogP) is 5.96. The maximum Gasteiger partial charge on any atom is 0.271 e. The van der Waals surface area contributed by atoms with Crippen molar-refractivity contribution in [3.8, 4) is 17.2 Å². The standard InChI is InChI=1S/C27H27Cl2N3O5/c1-3-13-36-24-12-6-19(15-25(24)35-4-2)27(34)32-30-16-18-5-11-23(22(29)14-18)37-17-26(33)31-21-9-7-20(28)8-10-21/h5-12,14-16H,3-4,13,17H2,1-2H3,(H,31,33)(H,32,34)/b30-16+. The van der Waals surface area contributed by atoms with Crippen molar-refractivity contribution in [1.29, 1.82) is 0 Å². The van der Waals surface area contributed by atoms with Gasteiger partial charge in [0.15, 0.2) is 18.1 Å². The van der Waals surface area contributed by atoms with E-state index in [1.54, 1.807) is 60.7 Å². The lowest BCUT2D eigenvalue weighted by atomic mass is 10.2. The molecule has 0 bridgehead atoms. The topological polar surface area (TPSA) is 98.3 Å². The maximum atomic E-state index is 12.5. The van der Waals surface area contributed by atoms with Gasteiger partial charge >= 0.3 is 0 Å². The number of hydrogen-bond acceptors (Lipinski definition) is 6. The second kappa shape index (κ2) is 14.1. The largest absolute Gasteiger partial charge is 0.490 e. The van der Waals surface area contributed by atoms with Crippen molar-refractivity contribution in [2.24, 2.45) is 5.10 Å². The fourth-order valence-corrected chi connectivity index (χ4v) is 3.44. The van der Waals surface area contributed by atoms with Gasteiger partial charge in [-0.3, -0.25) is 9.59 Å². The van der Waals surface area contributed by atoms with Crippen molar-refractivity contribution < 1.29 is 23.8 Å². The fraction of sp³-hybridized carbons (Fsp3) is 0.222. The van der Waals surface area contributed by atoms with Crippen LogP contribution in [0.25, 0.3) is 0 Å². The van der Waals surface area contributed by atoms with Crippen LogP contribution in [0.4, 0.5) is 5.69 Å². The summed E-state index contributed by atoms with van der Waals surface area (Å²) >= 11 is 12.1. The molecule has 3 rings (SSSR count). The molecule has 0 aromatic heterocycles. The first kappa shape index (κ1) is 27.8. The minimum absolute atomic E-state index is 0.224. The van der Waals surface area contributed by atoms with E-state index >= 15 is 0 Å². The summed E-state index contributed by atoms with van der Waals surface area (Å²) in [5.41, 5.74) is 4.09. The summed E-state index contributed by atoms with van der Waals surface area (Å²) in [6, 6.07) is 16.6. The second-order valence-corrected chi connectivity index (χ2v) is 8.52. The molecule has 0 saturated carbocycles. The quantitative estimate of drug-likeness (QED) is 0.217. The third kappa shape index (κ3) is 8.70. The first-order chi connectivity index (χ1) is 17.9. The number of amides is 2. The molecule has 10 heteroatoms. The zero-order valence-corrected chi connectivity index (χ0v) is 21.9. The number of carbonyl (C=O) groups excluding carboxylic acids is 2. The van der Waals surface area contributed by atoms with Crippen LogP contribution in [-0.4, -0.2) is 37.8 Å². The minimum Gasteiger partial charge on any atom is -0.490 e. The molecule has 3 aromatic rings. The molecule has 2 amide bonds. The molecule has 0 saturated heterocycles. The van der Waals surface area contributed by atoms with Crippen LogP contribution in [0.15, 0.2) is 65.8 Å². The Balaban J connectivity index is 1.54. The van der Waals surface area contributed by atoms with Gasteiger partial charge in [0.2, 0.25) is 0 Å². The number of halogens is 2. The molecule has 0 unspecified atom stereocenters. The van der Waals surface area contributed by atoms with Crippen LogP contribution >= 0.6 is 23.2 Å². The zero-order valence-electron chi connectivity index (χ0n) is 20.4. The summed E-state index contributed by atoms with van der Waals surface area (Å²) in [6.45, 7) is 4.64. The summed E-state index contributed by atoms with van der Waals surface area (Å²) < 4.78 is 16.8. The highest BCUT2D eigenvalue weighted by Crippen LogP contribution is 2.29. The third-order valence-electron chi connectivity index (χ3n) is 4.79. The number of ether oxygens (including phenoxy) is 3. The Morgan fingerprint density at radius 2 is 1.65 bits per heavy atom. The lowest BCUT2D eigenvalue weighted by Gasteiger charge is -2.12. The van der Waals surface area contributed by atoms with Gasteiger partial charge in [0.25, 0.3) is 11.8 Å². The molecule has 0 fully saturated rings. The molecule has 194 valence electrons. The van der Waals surface area contributed by atoms with Crippen molar-refractivity contribution in [3.05, 3.63) is 81.8 Å². The van der Waals surface area contributed by atoms with E-state index in [0.717, 1.165) is 6.42 Å². The average Bonchev–Trinajstić information content (AvgIpc) is 2.89. The molecule has 0 radical (unpaired) electrons. The van der Waals surface area contributed by atoms with Gasteiger partial charge in [0.1, 0.15) is 5.75 Å². The van der Waals surface area contributed by atoms with Gasteiger partial charge < -0.3 is 19.5 Å². The van der Waals surface area contributed by atoms with Crippen LogP contribution in [0.5, 0.6) is 17.2 Å². The number of anilines is 1. The smallest absolute Gasteiger partial charge is 0.271 e. The fourth-order valence-electron chi connectivity index (χ4n) is 3.07. The minimum atomic E-state index is -0.406. The molecule has 0 atom stereocenters. The highest BCUT2D eigenvalue weighted by molar-refractivity contribution is 6.32. The Bertz CT molecular complexity index is 1250. The molecule has 0 aliphatic carbocycles. The lowest BCUT2D eigenvalue weighted by molar-refractivity contribution is -0.118. The zero-order chi connectivity index (χ0) is 26.6. The van der Waals surface area contributed by atoms with Crippen molar-refractivity contribution in [3.63, 3.8) is 0 Å². The molecule has 0 heterocycles. The lowest BCUT2D eigenvalue weighted by Crippen LogP contribution is -2.20. The van der Waals surface area contributed by atoms with Crippen LogP contribution < -0.4 is 25.0 Å². The number of benzene rings is 3. The molecule has 8 nitrogen and oxygen atoms in total. The van der Waals surface area contributed by atoms with Crippen molar-refractivity contribution in [2.75, 3.05) is 25.1 Å². The molecule has 2 N–H and O–H groups in total. The van der Waals surface area contributed by atoms with Gasteiger partial charge in [-0.05, 0) is 79.6 Å². The number of nitrogens with zero attached hydrogens (tertiary/aromatic N) is 1. The van der Waals surface area contributed by atoms with Crippen molar-refractivity contribution in [1.82, 2.24) is 5.43 Å².